The molecule has 0 radical (unpaired) electrons. The molecule has 3 aromatic carbocycles. The summed E-state index contributed by atoms with van der Waals surface area (Å²) in [6.07, 6.45) is 0. The first kappa shape index (κ1) is 21.7. The second kappa shape index (κ2) is 9.19. The predicted molar refractivity (Wildman–Crippen MR) is 118 cm³/mol. The van der Waals surface area contributed by atoms with Gasteiger partial charge in [-0.25, -0.2) is 8.42 Å². The summed E-state index contributed by atoms with van der Waals surface area (Å²) in [5.41, 5.74) is 1.82. The van der Waals surface area contributed by atoms with Crippen molar-refractivity contribution in [1.82, 2.24) is 0 Å². The first-order chi connectivity index (χ1) is 14.3. The van der Waals surface area contributed by atoms with E-state index >= 15 is 0 Å². The van der Waals surface area contributed by atoms with Crippen LogP contribution in [0.4, 0.5) is 11.4 Å². The maximum atomic E-state index is 13.2. The average Bonchev–Trinajstić information content (AvgIpc) is 2.74. The fourth-order valence-electron chi connectivity index (χ4n) is 2.90. The van der Waals surface area contributed by atoms with Gasteiger partial charge in [0, 0.05) is 5.69 Å². The normalized spacial score (nSPS) is 11.0. The number of methoxy groups -OCH3 is 1. The van der Waals surface area contributed by atoms with E-state index in [4.69, 9.17) is 16.3 Å². The Labute approximate surface area is 180 Å². The lowest BCUT2D eigenvalue weighted by atomic mass is 10.2. The molecule has 6 nitrogen and oxygen atoms in total. The topological polar surface area (TPSA) is 84.5 Å². The summed E-state index contributed by atoms with van der Waals surface area (Å²) < 4.78 is 31.7. The van der Waals surface area contributed by atoms with Gasteiger partial charge in [-0.1, -0.05) is 48.0 Å². The van der Waals surface area contributed by atoms with E-state index in [9.17, 15) is 13.2 Å². The van der Waals surface area contributed by atoms with E-state index in [-0.39, 0.29) is 38.7 Å². The molecule has 0 saturated carbocycles. The Bertz CT molecular complexity index is 1170. The van der Waals surface area contributed by atoms with E-state index in [2.05, 4.69) is 10.6 Å². The highest BCUT2D eigenvalue weighted by molar-refractivity contribution is 7.91. The molecule has 30 heavy (non-hydrogen) atoms. The zero-order valence-corrected chi connectivity index (χ0v) is 18.0. The molecule has 2 N–H and O–H groups in total. The predicted octanol–water partition coefficient (Wildman–Crippen LogP) is 4.54. The Balaban J connectivity index is 1.91. The number of benzene rings is 3. The molecule has 0 aromatic heterocycles. The third kappa shape index (κ3) is 4.58. The van der Waals surface area contributed by atoms with Gasteiger partial charge in [0.1, 0.15) is 15.7 Å². The highest BCUT2D eigenvalue weighted by Gasteiger charge is 2.27. The number of rotatable bonds is 7. The van der Waals surface area contributed by atoms with Crippen LogP contribution in [-0.4, -0.2) is 28.0 Å². The number of para-hydroxylation sites is 1. The van der Waals surface area contributed by atoms with Crippen LogP contribution in [-0.2, 0) is 14.6 Å². The molecule has 3 rings (SSSR count). The van der Waals surface area contributed by atoms with E-state index in [1.54, 1.807) is 30.3 Å². The standard InChI is InChI=1S/C22H21ClN2O4S/c1-15-8-6-7-11-17(15)25-20(26)14-24-18-12-13-19(29-2)21(23)22(18)30(27,28)16-9-4-3-5-10-16/h3-13,24H,14H2,1-2H3,(H,25,26). The fraction of sp³-hybridized carbons (Fsp3) is 0.136. The van der Waals surface area contributed by atoms with E-state index in [0.717, 1.165) is 5.56 Å². The minimum Gasteiger partial charge on any atom is -0.495 e. The quantitative estimate of drug-likeness (QED) is 0.558. The average molecular weight is 445 g/mol. The van der Waals surface area contributed by atoms with Crippen molar-refractivity contribution in [1.29, 1.82) is 0 Å². The number of ether oxygens (including phenoxy) is 1. The Kier molecular flexibility index (Phi) is 6.64. The maximum Gasteiger partial charge on any atom is 0.243 e. The van der Waals surface area contributed by atoms with Gasteiger partial charge in [-0.2, -0.15) is 0 Å². The number of hydrogen-bond donors (Lipinski definition) is 2. The molecule has 1 amide bonds. The summed E-state index contributed by atoms with van der Waals surface area (Å²) in [6.45, 7) is 1.74. The van der Waals surface area contributed by atoms with Crippen LogP contribution in [0.1, 0.15) is 5.56 Å². The van der Waals surface area contributed by atoms with E-state index in [1.165, 1.54) is 25.3 Å². The monoisotopic (exact) mass is 444 g/mol. The lowest BCUT2D eigenvalue weighted by molar-refractivity contribution is -0.114. The fourth-order valence-corrected chi connectivity index (χ4v) is 4.96. The second-order valence-corrected chi connectivity index (χ2v) is 8.76. The zero-order chi connectivity index (χ0) is 21.7. The Morgan fingerprint density at radius 2 is 1.63 bits per heavy atom. The number of sulfone groups is 1. The van der Waals surface area contributed by atoms with Crippen LogP contribution >= 0.6 is 11.6 Å². The van der Waals surface area contributed by atoms with E-state index < -0.39 is 9.84 Å². The molecule has 0 spiro atoms. The van der Waals surface area contributed by atoms with Gasteiger partial charge in [-0.05, 0) is 42.8 Å². The van der Waals surface area contributed by atoms with Crippen LogP contribution in [0.25, 0.3) is 0 Å². The number of hydrogen-bond acceptors (Lipinski definition) is 5. The highest BCUT2D eigenvalue weighted by atomic mass is 35.5. The molecule has 0 aliphatic heterocycles. The van der Waals surface area contributed by atoms with Crippen LogP contribution in [0.5, 0.6) is 5.75 Å². The van der Waals surface area contributed by atoms with Crippen LogP contribution in [0.2, 0.25) is 5.02 Å². The summed E-state index contributed by atoms with van der Waals surface area (Å²) in [5, 5.41) is 5.64. The lowest BCUT2D eigenvalue weighted by Crippen LogP contribution is -2.23. The lowest BCUT2D eigenvalue weighted by Gasteiger charge is -2.16. The van der Waals surface area contributed by atoms with Crippen molar-refractivity contribution in [3.63, 3.8) is 0 Å². The van der Waals surface area contributed by atoms with Crippen molar-refractivity contribution in [2.75, 3.05) is 24.3 Å². The van der Waals surface area contributed by atoms with Gasteiger partial charge < -0.3 is 15.4 Å². The third-order valence-corrected chi connectivity index (χ3v) is 6.80. The zero-order valence-electron chi connectivity index (χ0n) is 16.5. The summed E-state index contributed by atoms with van der Waals surface area (Å²) in [4.78, 5) is 12.3. The number of halogens is 1. The third-order valence-electron chi connectivity index (χ3n) is 4.46. The van der Waals surface area contributed by atoms with E-state index in [0.29, 0.717) is 5.69 Å². The number of carbonyl (C=O) groups is 1. The molecule has 0 saturated heterocycles. The van der Waals surface area contributed by atoms with Gasteiger partial charge in [0.05, 0.1) is 24.2 Å². The van der Waals surface area contributed by atoms with Crippen molar-refractivity contribution in [3.05, 3.63) is 77.3 Å². The Hall–Kier alpha value is -3.03. The molecular weight excluding hydrogens is 424 g/mol. The van der Waals surface area contributed by atoms with Crippen molar-refractivity contribution in [3.8, 4) is 5.75 Å². The van der Waals surface area contributed by atoms with Gasteiger partial charge in [0.2, 0.25) is 15.7 Å². The Morgan fingerprint density at radius 1 is 0.967 bits per heavy atom. The smallest absolute Gasteiger partial charge is 0.243 e. The van der Waals surface area contributed by atoms with Gasteiger partial charge in [0.25, 0.3) is 0 Å². The number of anilines is 2. The number of aryl methyl sites for hydroxylation is 1. The number of carbonyl (C=O) groups excluding carboxylic acids is 1. The van der Waals surface area contributed by atoms with Gasteiger partial charge in [-0.15, -0.1) is 0 Å². The van der Waals surface area contributed by atoms with Crippen LogP contribution in [0.15, 0.2) is 76.5 Å². The highest BCUT2D eigenvalue weighted by Crippen LogP contribution is 2.39. The SMILES string of the molecule is COc1ccc(NCC(=O)Nc2ccccc2C)c(S(=O)(=O)c2ccccc2)c1Cl. The minimum absolute atomic E-state index is 0.0503. The molecule has 0 unspecified atom stereocenters. The minimum atomic E-state index is -3.95. The van der Waals surface area contributed by atoms with Crippen LogP contribution in [0, 0.1) is 6.92 Å². The first-order valence-electron chi connectivity index (χ1n) is 9.10. The Morgan fingerprint density at radius 3 is 2.30 bits per heavy atom. The molecule has 156 valence electrons. The molecule has 0 bridgehead atoms. The molecule has 8 heteroatoms. The maximum absolute atomic E-state index is 13.2. The number of nitrogens with one attached hydrogen (secondary N) is 2. The molecule has 0 fully saturated rings. The molecule has 0 aliphatic rings. The van der Waals surface area contributed by atoms with Crippen molar-refractivity contribution in [2.45, 2.75) is 16.7 Å². The largest absolute Gasteiger partial charge is 0.495 e. The second-order valence-electron chi connectivity index (χ2n) is 6.49. The summed E-state index contributed by atoms with van der Waals surface area (Å²) in [7, 11) is -2.55. The summed E-state index contributed by atoms with van der Waals surface area (Å²) in [5.74, 6) is -0.0969. The van der Waals surface area contributed by atoms with Crippen LogP contribution < -0.4 is 15.4 Å². The molecular formula is C22H21ClN2O4S. The van der Waals surface area contributed by atoms with Crippen molar-refractivity contribution >= 4 is 38.7 Å². The van der Waals surface area contributed by atoms with Gasteiger partial charge in [0.15, 0.2) is 0 Å². The van der Waals surface area contributed by atoms with Crippen molar-refractivity contribution < 1.29 is 17.9 Å². The first-order valence-corrected chi connectivity index (χ1v) is 11.0. The van der Waals surface area contributed by atoms with E-state index in [1.807, 2.05) is 25.1 Å². The molecule has 0 atom stereocenters. The summed E-state index contributed by atoms with van der Waals surface area (Å²) in [6, 6.07) is 18.4. The summed E-state index contributed by atoms with van der Waals surface area (Å²) >= 11 is 6.37. The van der Waals surface area contributed by atoms with Crippen LogP contribution in [0.3, 0.4) is 0 Å². The van der Waals surface area contributed by atoms with Gasteiger partial charge in [-0.3, -0.25) is 4.79 Å². The number of amides is 1. The molecule has 3 aromatic rings. The molecule has 0 heterocycles. The van der Waals surface area contributed by atoms with Crippen molar-refractivity contribution in [2.24, 2.45) is 0 Å². The van der Waals surface area contributed by atoms with Gasteiger partial charge >= 0.3 is 0 Å². The molecule has 0 aliphatic carbocycles.